The fourth-order valence-corrected chi connectivity index (χ4v) is 3.49. The van der Waals surface area contributed by atoms with Gasteiger partial charge in [0.2, 0.25) is 0 Å². The highest BCUT2D eigenvalue weighted by atomic mass is 16.5. The van der Waals surface area contributed by atoms with Crippen molar-refractivity contribution in [3.05, 3.63) is 47.5 Å². The Morgan fingerprint density at radius 3 is 1.62 bits per heavy atom. The summed E-state index contributed by atoms with van der Waals surface area (Å²) < 4.78 is 10.6. The van der Waals surface area contributed by atoms with Crippen LogP contribution in [0.15, 0.2) is 46.4 Å². The van der Waals surface area contributed by atoms with Crippen molar-refractivity contribution < 1.29 is 19.7 Å². The van der Waals surface area contributed by atoms with E-state index in [9.17, 15) is 10.2 Å². The van der Waals surface area contributed by atoms with Crippen molar-refractivity contribution in [1.82, 2.24) is 0 Å². The number of ether oxygens (including phenoxy) is 2. The lowest BCUT2D eigenvalue weighted by molar-refractivity contribution is 0.366. The van der Waals surface area contributed by atoms with Crippen molar-refractivity contribution in [3.63, 3.8) is 0 Å². The maximum absolute atomic E-state index is 10.2. The highest BCUT2D eigenvalue weighted by molar-refractivity contribution is 5.85. The second kappa shape index (κ2) is 11.5. The lowest BCUT2D eigenvalue weighted by Gasteiger charge is -2.25. The molecule has 0 spiro atoms. The first kappa shape index (κ1) is 22.8. The Morgan fingerprint density at radius 1 is 0.812 bits per heavy atom. The Kier molecular flexibility index (Phi) is 8.17. The third kappa shape index (κ3) is 6.30. The Hall–Kier alpha value is -3.90. The monoisotopic (exact) mass is 430 g/mol. The Labute approximate surface area is 188 Å². The van der Waals surface area contributed by atoms with Gasteiger partial charge >= 0.3 is 0 Å². The van der Waals surface area contributed by atoms with Gasteiger partial charge in [0.25, 0.3) is 0 Å². The van der Waals surface area contributed by atoms with Crippen molar-refractivity contribution in [2.45, 2.75) is 37.8 Å². The SMILES string of the molecule is C#CCOc1ccc(C=N[C@H]2CCCC[C@@H]2N=Cc2ccc(OCC#C)cc2O)c(O)c1. The second-order valence-corrected chi connectivity index (χ2v) is 7.40. The van der Waals surface area contributed by atoms with Crippen LogP contribution in [0, 0.1) is 24.7 Å². The van der Waals surface area contributed by atoms with Crippen LogP contribution in [0.25, 0.3) is 0 Å². The first-order chi connectivity index (χ1) is 15.6. The fraction of sp³-hybridized carbons (Fsp3) is 0.308. The van der Waals surface area contributed by atoms with Crippen LogP contribution in [0.1, 0.15) is 36.8 Å². The topological polar surface area (TPSA) is 83.6 Å². The van der Waals surface area contributed by atoms with Gasteiger partial charge in [-0.1, -0.05) is 24.7 Å². The molecule has 0 heterocycles. The minimum atomic E-state index is -0.00264. The molecule has 6 nitrogen and oxygen atoms in total. The number of phenols is 2. The first-order valence-corrected chi connectivity index (χ1v) is 10.5. The number of hydrogen-bond acceptors (Lipinski definition) is 6. The van der Waals surface area contributed by atoms with Gasteiger partial charge in [-0.3, -0.25) is 9.98 Å². The van der Waals surface area contributed by atoms with Crippen molar-refractivity contribution in [2.24, 2.45) is 9.98 Å². The maximum Gasteiger partial charge on any atom is 0.148 e. The molecular weight excluding hydrogens is 404 g/mol. The Bertz CT molecular complexity index is 977. The lowest BCUT2D eigenvalue weighted by atomic mass is 9.91. The Balaban J connectivity index is 1.68. The number of benzene rings is 2. The summed E-state index contributed by atoms with van der Waals surface area (Å²) in [6.45, 7) is 0.287. The van der Waals surface area contributed by atoms with Crippen LogP contribution in [-0.2, 0) is 0 Å². The number of rotatable bonds is 8. The van der Waals surface area contributed by atoms with Crippen molar-refractivity contribution >= 4 is 12.4 Å². The molecule has 0 aliphatic heterocycles. The molecule has 1 saturated carbocycles. The Morgan fingerprint density at radius 2 is 1.25 bits per heavy atom. The van der Waals surface area contributed by atoms with Crippen molar-refractivity contribution in [1.29, 1.82) is 0 Å². The molecule has 2 aromatic rings. The van der Waals surface area contributed by atoms with Crippen molar-refractivity contribution in [3.8, 4) is 47.7 Å². The minimum Gasteiger partial charge on any atom is -0.507 e. The molecule has 2 atom stereocenters. The molecule has 0 radical (unpaired) electrons. The van der Waals surface area contributed by atoms with Gasteiger partial charge in [-0.05, 0) is 37.1 Å². The molecule has 0 aromatic heterocycles. The van der Waals surface area contributed by atoms with Gasteiger partial charge in [-0.25, -0.2) is 0 Å². The molecule has 1 fully saturated rings. The quantitative estimate of drug-likeness (QED) is 0.490. The van der Waals surface area contributed by atoms with Gasteiger partial charge in [0.1, 0.15) is 36.2 Å². The summed E-state index contributed by atoms with van der Waals surface area (Å²) in [6.07, 6.45) is 17.7. The summed E-state index contributed by atoms with van der Waals surface area (Å²) in [5.74, 6) is 5.95. The summed E-state index contributed by atoms with van der Waals surface area (Å²) in [5, 5.41) is 20.5. The molecule has 2 aromatic carbocycles. The molecule has 164 valence electrons. The van der Waals surface area contributed by atoms with Gasteiger partial charge in [0.15, 0.2) is 0 Å². The van der Waals surface area contributed by atoms with Crippen LogP contribution in [-0.4, -0.2) is 47.9 Å². The van der Waals surface area contributed by atoms with Crippen molar-refractivity contribution in [2.75, 3.05) is 13.2 Å². The highest BCUT2D eigenvalue weighted by Crippen LogP contribution is 2.27. The lowest BCUT2D eigenvalue weighted by Crippen LogP contribution is -2.27. The number of nitrogens with zero attached hydrogens (tertiary/aromatic N) is 2. The third-order valence-electron chi connectivity index (χ3n) is 5.15. The third-order valence-corrected chi connectivity index (χ3v) is 5.15. The molecule has 0 unspecified atom stereocenters. The predicted octanol–water partition coefficient (Wildman–Crippen LogP) is 3.97. The van der Waals surface area contributed by atoms with Gasteiger partial charge in [0.05, 0.1) is 12.1 Å². The fourth-order valence-electron chi connectivity index (χ4n) is 3.49. The van der Waals surface area contributed by atoms with E-state index in [2.05, 4.69) is 11.8 Å². The van der Waals surface area contributed by atoms with E-state index in [4.69, 9.17) is 32.3 Å². The minimum absolute atomic E-state index is 0.00264. The van der Waals surface area contributed by atoms with E-state index in [1.165, 1.54) is 12.1 Å². The smallest absolute Gasteiger partial charge is 0.148 e. The summed E-state index contributed by atoms with van der Waals surface area (Å²) in [4.78, 5) is 9.39. The van der Waals surface area contributed by atoms with E-state index >= 15 is 0 Å². The number of aliphatic imine (C=N–C) groups is 2. The molecule has 6 heteroatoms. The average molecular weight is 431 g/mol. The van der Waals surface area contributed by atoms with Crippen LogP contribution in [0.5, 0.6) is 23.0 Å². The molecule has 0 saturated heterocycles. The van der Waals surface area contributed by atoms with E-state index in [0.717, 1.165) is 25.7 Å². The number of phenolic OH excluding ortho intramolecular Hbond substituents is 2. The predicted molar refractivity (Wildman–Crippen MR) is 126 cm³/mol. The molecule has 0 bridgehead atoms. The number of terminal acetylenes is 2. The van der Waals surface area contributed by atoms with Crippen LogP contribution in [0.2, 0.25) is 0 Å². The zero-order valence-corrected chi connectivity index (χ0v) is 17.8. The standard InChI is InChI=1S/C26H26N2O4/c1-3-13-31-21-11-9-19(25(29)15-21)17-27-23-7-5-6-8-24(23)28-18-20-10-12-22(16-26(20)30)32-14-4-2/h1-2,9-12,15-18,23-24,29-30H,5-8,13-14H2/t23-,24-/m0/s1. The van der Waals surface area contributed by atoms with Crippen LogP contribution in [0.3, 0.4) is 0 Å². The summed E-state index contributed by atoms with van der Waals surface area (Å²) in [6, 6.07) is 10.0. The average Bonchev–Trinajstić information content (AvgIpc) is 2.80. The summed E-state index contributed by atoms with van der Waals surface area (Å²) in [5.41, 5.74) is 1.21. The molecule has 2 N–H and O–H groups in total. The van der Waals surface area contributed by atoms with Gasteiger partial charge in [-0.15, -0.1) is 12.8 Å². The number of hydrogen-bond donors (Lipinski definition) is 2. The summed E-state index contributed by atoms with van der Waals surface area (Å²) >= 11 is 0. The molecule has 32 heavy (non-hydrogen) atoms. The zero-order valence-electron chi connectivity index (χ0n) is 17.8. The second-order valence-electron chi connectivity index (χ2n) is 7.40. The molecule has 1 aliphatic carbocycles. The largest absolute Gasteiger partial charge is 0.507 e. The first-order valence-electron chi connectivity index (χ1n) is 10.5. The van der Waals surface area contributed by atoms with E-state index in [-0.39, 0.29) is 36.8 Å². The van der Waals surface area contributed by atoms with E-state index in [1.54, 1.807) is 36.7 Å². The van der Waals surface area contributed by atoms with Gasteiger partial charge < -0.3 is 19.7 Å². The van der Waals surface area contributed by atoms with E-state index < -0.39 is 0 Å². The summed E-state index contributed by atoms with van der Waals surface area (Å²) in [7, 11) is 0. The van der Waals surface area contributed by atoms with Crippen LogP contribution >= 0.6 is 0 Å². The highest BCUT2D eigenvalue weighted by Gasteiger charge is 2.23. The van der Waals surface area contributed by atoms with Gasteiger partial charge in [-0.2, -0.15) is 0 Å². The normalized spacial score (nSPS) is 18.3. The van der Waals surface area contributed by atoms with E-state index in [1.807, 2.05) is 0 Å². The van der Waals surface area contributed by atoms with E-state index in [0.29, 0.717) is 22.6 Å². The van der Waals surface area contributed by atoms with Gasteiger partial charge in [0, 0.05) is 35.7 Å². The molecule has 0 amide bonds. The molecular formula is C26H26N2O4. The zero-order chi connectivity index (χ0) is 22.8. The van der Waals surface area contributed by atoms with Crippen LogP contribution in [0.4, 0.5) is 0 Å². The molecule has 3 rings (SSSR count). The van der Waals surface area contributed by atoms with Crippen LogP contribution < -0.4 is 9.47 Å². The maximum atomic E-state index is 10.2. The molecule has 1 aliphatic rings. The number of aromatic hydroxyl groups is 2.